The lowest BCUT2D eigenvalue weighted by Crippen LogP contribution is -2.51. The maximum absolute atomic E-state index is 10.8. The summed E-state index contributed by atoms with van der Waals surface area (Å²) in [5.74, 6) is -1.28. The van der Waals surface area contributed by atoms with E-state index in [1.807, 2.05) is 0 Å². The summed E-state index contributed by atoms with van der Waals surface area (Å²) in [6, 6.07) is 7.41. The monoisotopic (exact) mass is 328 g/mol. The van der Waals surface area contributed by atoms with Gasteiger partial charge in [0.1, 0.15) is 5.54 Å². The zero-order valence-corrected chi connectivity index (χ0v) is 11.6. The van der Waals surface area contributed by atoms with Crippen molar-refractivity contribution >= 4 is 39.2 Å². The largest absolute Gasteiger partial charge is 0.481 e. The fourth-order valence-electron chi connectivity index (χ4n) is 2.03. The van der Waals surface area contributed by atoms with E-state index >= 15 is 0 Å². The van der Waals surface area contributed by atoms with Gasteiger partial charge in [0.25, 0.3) is 0 Å². The lowest BCUT2D eigenvalue weighted by molar-refractivity contribution is -0.145. The van der Waals surface area contributed by atoms with E-state index < -0.39 is 17.4 Å². The highest BCUT2D eigenvalue weighted by Crippen LogP contribution is 2.40. The number of benzene rings is 1. The summed E-state index contributed by atoms with van der Waals surface area (Å²) >= 11 is 9.18. The Hall–Kier alpha value is -1.25. The molecule has 1 aliphatic carbocycles. The molecule has 1 aliphatic rings. The van der Waals surface area contributed by atoms with Crippen molar-refractivity contribution in [2.24, 2.45) is 5.92 Å². The Bertz CT molecular complexity index is 535. The van der Waals surface area contributed by atoms with E-state index in [1.54, 1.807) is 18.2 Å². The zero-order valence-electron chi connectivity index (χ0n) is 9.28. The van der Waals surface area contributed by atoms with Crippen LogP contribution in [0.15, 0.2) is 22.7 Å². The third-order valence-corrected chi connectivity index (χ3v) is 4.27. The Morgan fingerprint density at radius 3 is 2.78 bits per heavy atom. The number of anilines is 1. The van der Waals surface area contributed by atoms with Gasteiger partial charge in [0.05, 0.1) is 17.0 Å². The molecule has 6 heteroatoms. The van der Waals surface area contributed by atoms with Crippen LogP contribution in [0.2, 0.25) is 5.02 Å². The molecule has 0 amide bonds. The molecule has 94 valence electrons. The number of nitriles is 1. The smallest absolute Gasteiger partial charge is 0.306 e. The molecule has 1 fully saturated rings. The zero-order chi connectivity index (χ0) is 13.3. The van der Waals surface area contributed by atoms with Crippen LogP contribution >= 0.6 is 27.5 Å². The summed E-state index contributed by atoms with van der Waals surface area (Å²) in [5.41, 5.74) is -0.0345. The van der Waals surface area contributed by atoms with E-state index in [0.717, 1.165) is 10.2 Å². The Kier molecular flexibility index (Phi) is 3.51. The number of carboxylic acids is 1. The van der Waals surface area contributed by atoms with Crippen LogP contribution in [0, 0.1) is 17.2 Å². The van der Waals surface area contributed by atoms with Gasteiger partial charge in [-0.1, -0.05) is 11.6 Å². The van der Waals surface area contributed by atoms with Crippen molar-refractivity contribution in [2.75, 3.05) is 5.32 Å². The maximum atomic E-state index is 10.8. The average Bonchev–Trinajstić information content (AvgIpc) is 2.27. The van der Waals surface area contributed by atoms with Crippen LogP contribution in [0.4, 0.5) is 5.69 Å². The number of carbonyl (C=O) groups is 1. The predicted octanol–water partition coefficient (Wildman–Crippen LogP) is 3.27. The molecule has 1 saturated carbocycles. The molecular formula is C12H10BrClN2O2. The van der Waals surface area contributed by atoms with Gasteiger partial charge in [-0.15, -0.1) is 0 Å². The summed E-state index contributed by atoms with van der Waals surface area (Å²) in [7, 11) is 0. The van der Waals surface area contributed by atoms with E-state index in [4.69, 9.17) is 16.7 Å². The van der Waals surface area contributed by atoms with Crippen molar-refractivity contribution in [2.45, 2.75) is 18.4 Å². The van der Waals surface area contributed by atoms with Crippen LogP contribution in [0.3, 0.4) is 0 Å². The maximum Gasteiger partial charge on any atom is 0.306 e. The summed E-state index contributed by atoms with van der Waals surface area (Å²) < 4.78 is 0.733. The summed E-state index contributed by atoms with van der Waals surface area (Å²) in [6.07, 6.45) is 0.637. The van der Waals surface area contributed by atoms with Gasteiger partial charge in [-0.2, -0.15) is 5.26 Å². The normalized spacial score (nSPS) is 25.9. The summed E-state index contributed by atoms with van der Waals surface area (Å²) in [4.78, 5) is 10.8. The van der Waals surface area contributed by atoms with Crippen molar-refractivity contribution < 1.29 is 9.90 Å². The van der Waals surface area contributed by atoms with Crippen LogP contribution in [0.25, 0.3) is 0 Å². The van der Waals surface area contributed by atoms with Crippen molar-refractivity contribution in [3.05, 3.63) is 27.7 Å². The Balaban J connectivity index is 2.11. The van der Waals surface area contributed by atoms with Crippen LogP contribution in [0.5, 0.6) is 0 Å². The molecule has 2 rings (SSSR count). The van der Waals surface area contributed by atoms with Gasteiger partial charge in [-0.3, -0.25) is 4.79 Å². The number of nitrogens with zero attached hydrogens (tertiary/aromatic N) is 1. The number of rotatable bonds is 3. The first kappa shape index (κ1) is 13.2. The topological polar surface area (TPSA) is 73.1 Å². The average molecular weight is 330 g/mol. The quantitative estimate of drug-likeness (QED) is 0.892. The van der Waals surface area contributed by atoms with E-state index in [0.29, 0.717) is 17.9 Å². The first-order chi connectivity index (χ1) is 8.46. The Morgan fingerprint density at radius 1 is 1.61 bits per heavy atom. The highest BCUT2D eigenvalue weighted by Gasteiger charge is 2.48. The van der Waals surface area contributed by atoms with Gasteiger partial charge in [0.15, 0.2) is 0 Å². The molecule has 0 heterocycles. The predicted molar refractivity (Wildman–Crippen MR) is 71.5 cm³/mol. The van der Waals surface area contributed by atoms with Crippen LogP contribution < -0.4 is 5.32 Å². The first-order valence-corrected chi connectivity index (χ1v) is 6.50. The van der Waals surface area contributed by atoms with Crippen LogP contribution in [-0.4, -0.2) is 16.6 Å². The Labute approximate surface area is 118 Å². The van der Waals surface area contributed by atoms with Gasteiger partial charge in [-0.25, -0.2) is 0 Å². The lowest BCUT2D eigenvalue weighted by Gasteiger charge is -2.41. The molecule has 0 aliphatic heterocycles. The molecular weight excluding hydrogens is 320 g/mol. The molecule has 2 N–H and O–H groups in total. The van der Waals surface area contributed by atoms with E-state index in [2.05, 4.69) is 27.3 Å². The second-order valence-corrected chi connectivity index (χ2v) is 5.65. The minimum atomic E-state index is -0.847. The molecule has 0 spiro atoms. The highest BCUT2D eigenvalue weighted by atomic mass is 79.9. The number of hydrogen-bond donors (Lipinski definition) is 2. The number of halogens is 2. The number of aliphatic carboxylic acids is 1. The Morgan fingerprint density at radius 2 is 2.28 bits per heavy atom. The third-order valence-electron chi connectivity index (χ3n) is 3.06. The third kappa shape index (κ3) is 2.45. The molecule has 4 nitrogen and oxygen atoms in total. The van der Waals surface area contributed by atoms with E-state index in [-0.39, 0.29) is 0 Å². The van der Waals surface area contributed by atoms with E-state index in [1.165, 1.54) is 0 Å². The van der Waals surface area contributed by atoms with E-state index in [9.17, 15) is 10.1 Å². The molecule has 0 atom stereocenters. The molecule has 0 unspecified atom stereocenters. The van der Waals surface area contributed by atoms with Crippen LogP contribution in [-0.2, 0) is 4.79 Å². The minimum Gasteiger partial charge on any atom is -0.481 e. The van der Waals surface area contributed by atoms with Crippen molar-refractivity contribution in [1.29, 1.82) is 5.26 Å². The van der Waals surface area contributed by atoms with Gasteiger partial charge in [0, 0.05) is 10.2 Å². The lowest BCUT2D eigenvalue weighted by atomic mass is 9.69. The standard InChI is InChI=1S/C12H10BrClN2O2/c13-9-3-8(1-2-10(9)14)16-12(6-15)4-7(5-12)11(17)18/h1-3,7,16H,4-5H2,(H,17,18). The van der Waals surface area contributed by atoms with Gasteiger partial charge in [-0.05, 0) is 47.0 Å². The fourth-order valence-corrected chi connectivity index (χ4v) is 2.52. The highest BCUT2D eigenvalue weighted by molar-refractivity contribution is 9.10. The van der Waals surface area contributed by atoms with Crippen molar-refractivity contribution in [3.63, 3.8) is 0 Å². The number of nitrogens with one attached hydrogen (secondary N) is 1. The van der Waals surface area contributed by atoms with Crippen LogP contribution in [0.1, 0.15) is 12.8 Å². The van der Waals surface area contributed by atoms with Gasteiger partial charge in [0.2, 0.25) is 0 Å². The van der Waals surface area contributed by atoms with Crippen molar-refractivity contribution in [1.82, 2.24) is 0 Å². The second-order valence-electron chi connectivity index (χ2n) is 4.39. The SMILES string of the molecule is N#CC1(Nc2ccc(Cl)c(Br)c2)CC(C(=O)O)C1. The minimum absolute atomic E-state index is 0.319. The van der Waals surface area contributed by atoms with Crippen molar-refractivity contribution in [3.8, 4) is 6.07 Å². The molecule has 0 bridgehead atoms. The fraction of sp³-hybridized carbons (Fsp3) is 0.333. The number of hydrogen-bond acceptors (Lipinski definition) is 3. The van der Waals surface area contributed by atoms with Gasteiger partial charge >= 0.3 is 5.97 Å². The second kappa shape index (κ2) is 4.79. The molecule has 0 aromatic heterocycles. The van der Waals surface area contributed by atoms with Gasteiger partial charge < -0.3 is 10.4 Å². The number of carboxylic acid groups (broad SMARTS) is 1. The first-order valence-electron chi connectivity index (χ1n) is 5.33. The molecule has 18 heavy (non-hydrogen) atoms. The molecule has 0 saturated heterocycles. The molecule has 1 aromatic rings. The summed E-state index contributed by atoms with van der Waals surface area (Å²) in [5, 5.41) is 21.7. The molecule has 0 radical (unpaired) electrons. The molecule has 1 aromatic carbocycles. The summed E-state index contributed by atoms with van der Waals surface area (Å²) in [6.45, 7) is 0.